The van der Waals surface area contributed by atoms with Crippen molar-refractivity contribution in [2.24, 2.45) is 5.92 Å². The average molecular weight is 636 g/mol. The minimum absolute atomic E-state index is 0.291. The number of amides is 1. The Hall–Kier alpha value is -4.52. The van der Waals surface area contributed by atoms with Crippen LogP contribution in [0.15, 0.2) is 54.6 Å². The van der Waals surface area contributed by atoms with Crippen LogP contribution >= 0.6 is 0 Å². The van der Waals surface area contributed by atoms with Crippen LogP contribution < -0.4 is 10.8 Å². The van der Waals surface area contributed by atoms with E-state index in [0.29, 0.717) is 6.54 Å². The number of hydrogen-bond acceptors (Lipinski definition) is 10. The maximum atomic E-state index is 12.6. The summed E-state index contributed by atoms with van der Waals surface area (Å²) in [7, 11) is 0. The van der Waals surface area contributed by atoms with Crippen LogP contribution in [0.25, 0.3) is 17.0 Å². The maximum absolute atomic E-state index is 12.6. The number of hydrogen-bond donors (Lipinski definition) is 3. The summed E-state index contributed by atoms with van der Waals surface area (Å²) < 4.78 is 21.7. The van der Waals surface area contributed by atoms with Crippen molar-refractivity contribution in [2.45, 2.75) is 72.2 Å². The lowest BCUT2D eigenvalue weighted by Gasteiger charge is -2.43. The summed E-state index contributed by atoms with van der Waals surface area (Å²) in [6, 6.07) is 16.1. The number of H-pyrrole nitrogens is 1. The molecule has 3 N–H and O–H groups in total. The lowest BCUT2D eigenvalue weighted by molar-refractivity contribution is -0.300. The van der Waals surface area contributed by atoms with Crippen molar-refractivity contribution < 1.29 is 43.0 Å². The van der Waals surface area contributed by atoms with Crippen LogP contribution in [-0.2, 0) is 55.9 Å². The van der Waals surface area contributed by atoms with Crippen LogP contribution in [0.3, 0.4) is 0 Å². The van der Waals surface area contributed by atoms with E-state index >= 15 is 0 Å². The molecule has 12 heteroatoms. The second-order valence-electron chi connectivity index (χ2n) is 11.2. The molecule has 1 aliphatic heterocycles. The van der Waals surface area contributed by atoms with Gasteiger partial charge in [0.05, 0.1) is 5.92 Å². The van der Waals surface area contributed by atoms with Gasteiger partial charge in [-0.1, -0.05) is 49.4 Å². The molecule has 246 valence electrons. The molecule has 1 amide bonds. The molecule has 0 saturated carbocycles. The van der Waals surface area contributed by atoms with Gasteiger partial charge in [-0.25, -0.2) is 10.3 Å². The number of para-hydroxylation sites is 1. The van der Waals surface area contributed by atoms with E-state index < -0.39 is 54.3 Å². The number of hydroxylamine groups is 1. The fourth-order valence-electron chi connectivity index (χ4n) is 5.38. The van der Waals surface area contributed by atoms with E-state index in [1.807, 2.05) is 30.3 Å². The van der Waals surface area contributed by atoms with Crippen molar-refractivity contribution in [3.05, 3.63) is 77.0 Å². The Balaban J connectivity index is 1.27. The maximum Gasteiger partial charge on any atom is 0.303 e. The molecule has 0 bridgehead atoms. The summed E-state index contributed by atoms with van der Waals surface area (Å²) in [6.45, 7) is 8.65. The lowest BCUT2D eigenvalue weighted by Crippen LogP contribution is -2.59. The molecule has 3 aromatic rings. The zero-order valence-electron chi connectivity index (χ0n) is 26.7. The second-order valence-corrected chi connectivity index (χ2v) is 11.2. The topological polar surface area (TPSA) is 154 Å². The van der Waals surface area contributed by atoms with Gasteiger partial charge in [-0.05, 0) is 48.7 Å². The van der Waals surface area contributed by atoms with E-state index in [2.05, 4.69) is 40.9 Å². The number of carbonyl (C=O) groups excluding carboxylic acids is 4. The molecule has 46 heavy (non-hydrogen) atoms. The van der Waals surface area contributed by atoms with Gasteiger partial charge in [0.2, 0.25) is 0 Å². The fraction of sp³-hybridized carbons (Fsp3) is 0.412. The molecule has 0 spiro atoms. The number of benzene rings is 2. The summed E-state index contributed by atoms with van der Waals surface area (Å²) in [4.78, 5) is 56.5. The van der Waals surface area contributed by atoms with Gasteiger partial charge in [0.1, 0.15) is 18.8 Å². The van der Waals surface area contributed by atoms with Crippen LogP contribution in [0.5, 0.6) is 0 Å². The van der Waals surface area contributed by atoms with Crippen molar-refractivity contribution in [3.8, 4) is 0 Å². The number of rotatable bonds is 13. The van der Waals surface area contributed by atoms with E-state index in [0.717, 1.165) is 29.6 Å². The molecule has 1 saturated heterocycles. The Morgan fingerprint density at radius 1 is 0.935 bits per heavy atom. The van der Waals surface area contributed by atoms with Gasteiger partial charge in [0, 0.05) is 50.0 Å². The van der Waals surface area contributed by atoms with Gasteiger partial charge in [-0.2, -0.15) is 0 Å². The molecule has 1 fully saturated rings. The summed E-state index contributed by atoms with van der Waals surface area (Å²) in [5.74, 6) is -3.06. The molecule has 2 aromatic carbocycles. The third-order valence-electron chi connectivity index (χ3n) is 7.59. The van der Waals surface area contributed by atoms with E-state index in [4.69, 9.17) is 23.8 Å². The highest BCUT2D eigenvalue weighted by molar-refractivity contribution is 5.91. The molecular formula is C34H41N3O9. The Labute approximate surface area is 267 Å². The number of ether oxygens (including phenoxy) is 4. The van der Waals surface area contributed by atoms with Gasteiger partial charge < -0.3 is 29.2 Å². The smallest absolute Gasteiger partial charge is 0.303 e. The standard InChI is InChI=1S/C34H41N3O9/c1-20-32(43-23(4)39)33(44-24(5)40)30(19-42-22(3)38)45-34(20)46-37-31(41)15-14-25-10-12-26(13-11-25)18-35-17-16-27-21(2)36-29-9-7-6-8-28(27)29/h6-15,20,30,32-36H,16-19H2,1-5H3,(H,37,41)/b15-14+/t20-,30-,32-,33+,34+/m1/s1. The van der Waals surface area contributed by atoms with Crippen molar-refractivity contribution >= 4 is 40.8 Å². The number of esters is 3. The summed E-state index contributed by atoms with van der Waals surface area (Å²) in [5.41, 5.74) is 7.92. The number of aromatic nitrogens is 1. The quantitative estimate of drug-likeness (QED) is 0.0834. The SMILES string of the molecule is CC(=O)OC[C@H]1O[C@@H](ONC(=O)/C=C/c2ccc(CNCCc3c(C)[nH]c4ccccc34)cc2)[C@H](C)[C@@H](OC(C)=O)[C@H]1OC(C)=O. The van der Waals surface area contributed by atoms with E-state index in [-0.39, 0.29) is 6.61 Å². The lowest BCUT2D eigenvalue weighted by atomic mass is 9.92. The highest BCUT2D eigenvalue weighted by atomic mass is 16.8. The molecule has 12 nitrogen and oxygen atoms in total. The molecule has 1 aromatic heterocycles. The first-order valence-corrected chi connectivity index (χ1v) is 15.1. The predicted molar refractivity (Wildman–Crippen MR) is 169 cm³/mol. The minimum atomic E-state index is -1.11. The molecule has 1 aliphatic rings. The van der Waals surface area contributed by atoms with E-state index in [9.17, 15) is 19.2 Å². The second kappa shape index (κ2) is 16.2. The Kier molecular flexibility index (Phi) is 12.1. The zero-order chi connectivity index (χ0) is 33.2. The summed E-state index contributed by atoms with van der Waals surface area (Å²) in [5, 5.41) is 4.75. The Bertz CT molecular complexity index is 1550. The van der Waals surface area contributed by atoms with Crippen LogP contribution in [0.2, 0.25) is 0 Å². The largest absolute Gasteiger partial charge is 0.463 e. The summed E-state index contributed by atoms with van der Waals surface area (Å²) in [6.07, 6.45) is -0.305. The monoisotopic (exact) mass is 635 g/mol. The van der Waals surface area contributed by atoms with Crippen LogP contribution in [0.4, 0.5) is 0 Å². The molecule has 2 heterocycles. The Morgan fingerprint density at radius 2 is 1.63 bits per heavy atom. The van der Waals surface area contributed by atoms with E-state index in [1.165, 1.54) is 43.5 Å². The number of carbonyl (C=O) groups is 4. The van der Waals surface area contributed by atoms with Crippen LogP contribution in [-0.4, -0.2) is 66.6 Å². The van der Waals surface area contributed by atoms with Gasteiger partial charge >= 0.3 is 17.9 Å². The number of nitrogens with one attached hydrogen (secondary N) is 3. The molecule has 0 aliphatic carbocycles. The first-order valence-electron chi connectivity index (χ1n) is 15.1. The molecule has 5 atom stereocenters. The van der Waals surface area contributed by atoms with Crippen LogP contribution in [0.1, 0.15) is 50.1 Å². The van der Waals surface area contributed by atoms with Crippen molar-refractivity contribution in [1.29, 1.82) is 0 Å². The number of aromatic amines is 1. The Morgan fingerprint density at radius 3 is 2.33 bits per heavy atom. The molecule has 0 unspecified atom stereocenters. The first-order chi connectivity index (χ1) is 22.0. The highest BCUT2D eigenvalue weighted by Gasteiger charge is 2.49. The van der Waals surface area contributed by atoms with Gasteiger partial charge in [-0.15, -0.1) is 0 Å². The van der Waals surface area contributed by atoms with Gasteiger partial charge in [-0.3, -0.25) is 19.2 Å². The highest BCUT2D eigenvalue weighted by Crippen LogP contribution is 2.31. The third kappa shape index (κ3) is 9.49. The average Bonchev–Trinajstić information content (AvgIpc) is 3.33. The predicted octanol–water partition coefficient (Wildman–Crippen LogP) is 3.66. The van der Waals surface area contributed by atoms with E-state index in [1.54, 1.807) is 13.0 Å². The molecular weight excluding hydrogens is 594 g/mol. The third-order valence-corrected chi connectivity index (χ3v) is 7.59. The fourth-order valence-corrected chi connectivity index (χ4v) is 5.38. The van der Waals surface area contributed by atoms with Gasteiger partial charge in [0.15, 0.2) is 12.4 Å². The first kappa shape index (κ1) is 34.4. The number of fused-ring (bicyclic) bond motifs is 1. The number of aryl methyl sites for hydroxylation is 1. The van der Waals surface area contributed by atoms with Crippen molar-refractivity contribution in [2.75, 3.05) is 13.2 Å². The molecule has 4 rings (SSSR count). The van der Waals surface area contributed by atoms with Crippen molar-refractivity contribution in [3.63, 3.8) is 0 Å². The van der Waals surface area contributed by atoms with Gasteiger partial charge in [0.25, 0.3) is 5.91 Å². The minimum Gasteiger partial charge on any atom is -0.463 e. The van der Waals surface area contributed by atoms with Crippen molar-refractivity contribution in [1.82, 2.24) is 15.8 Å². The van der Waals surface area contributed by atoms with Crippen LogP contribution in [0, 0.1) is 12.8 Å². The zero-order valence-corrected chi connectivity index (χ0v) is 26.7. The normalized spacial score (nSPS) is 21.2. The molecule has 0 radical (unpaired) electrons. The summed E-state index contributed by atoms with van der Waals surface area (Å²) >= 11 is 0.